The molecule has 0 spiro atoms. The molecule has 0 saturated carbocycles. The van der Waals surface area contributed by atoms with Gasteiger partial charge in [-0.05, 0) is 18.2 Å². The van der Waals surface area contributed by atoms with Crippen molar-refractivity contribution >= 4 is 17.8 Å². The van der Waals surface area contributed by atoms with Crippen LogP contribution in [-0.4, -0.2) is 49.4 Å². The van der Waals surface area contributed by atoms with E-state index in [1.165, 1.54) is 37.1 Å². The Labute approximate surface area is 128 Å². The van der Waals surface area contributed by atoms with E-state index in [1.807, 2.05) is 0 Å². The lowest BCUT2D eigenvalue weighted by Crippen LogP contribution is -2.39. The molecule has 120 valence electrons. The molecular formula is C15H19FN2O4. The SMILES string of the molecule is COC(=O)CCN(CCNC(C)=O)C(=O)c1cccc(F)c1. The number of esters is 1. The van der Waals surface area contributed by atoms with Crippen molar-refractivity contribution in [2.24, 2.45) is 0 Å². The first kappa shape index (κ1) is 17.6. The van der Waals surface area contributed by atoms with Crippen molar-refractivity contribution in [2.45, 2.75) is 13.3 Å². The van der Waals surface area contributed by atoms with Gasteiger partial charge in [0.15, 0.2) is 0 Å². The Balaban J connectivity index is 2.75. The molecule has 1 aromatic rings. The quantitative estimate of drug-likeness (QED) is 0.761. The third-order valence-corrected chi connectivity index (χ3v) is 2.93. The third kappa shape index (κ3) is 5.90. The highest BCUT2D eigenvalue weighted by Gasteiger charge is 2.17. The van der Waals surface area contributed by atoms with E-state index < -0.39 is 17.7 Å². The van der Waals surface area contributed by atoms with Gasteiger partial charge < -0.3 is 15.0 Å². The van der Waals surface area contributed by atoms with E-state index in [9.17, 15) is 18.8 Å². The number of nitrogens with zero attached hydrogens (tertiary/aromatic N) is 1. The van der Waals surface area contributed by atoms with Crippen LogP contribution >= 0.6 is 0 Å². The highest BCUT2D eigenvalue weighted by atomic mass is 19.1. The van der Waals surface area contributed by atoms with Gasteiger partial charge >= 0.3 is 5.97 Å². The molecule has 0 aliphatic rings. The van der Waals surface area contributed by atoms with E-state index in [0.29, 0.717) is 0 Å². The van der Waals surface area contributed by atoms with Crippen LogP contribution in [0, 0.1) is 5.82 Å². The predicted octanol–water partition coefficient (Wildman–Crippen LogP) is 0.967. The molecule has 0 saturated heterocycles. The molecule has 22 heavy (non-hydrogen) atoms. The summed E-state index contributed by atoms with van der Waals surface area (Å²) in [6.07, 6.45) is 0.0254. The van der Waals surface area contributed by atoms with Crippen molar-refractivity contribution in [3.05, 3.63) is 35.6 Å². The van der Waals surface area contributed by atoms with E-state index in [-0.39, 0.29) is 37.5 Å². The number of carbonyl (C=O) groups is 3. The summed E-state index contributed by atoms with van der Waals surface area (Å²) in [7, 11) is 1.26. The number of nitrogens with one attached hydrogen (secondary N) is 1. The summed E-state index contributed by atoms with van der Waals surface area (Å²) in [5.41, 5.74) is 0.188. The van der Waals surface area contributed by atoms with Gasteiger partial charge in [-0.1, -0.05) is 6.07 Å². The molecule has 0 radical (unpaired) electrons. The van der Waals surface area contributed by atoms with Gasteiger partial charge in [-0.3, -0.25) is 14.4 Å². The van der Waals surface area contributed by atoms with Crippen LogP contribution in [0.15, 0.2) is 24.3 Å². The maximum Gasteiger partial charge on any atom is 0.307 e. The van der Waals surface area contributed by atoms with E-state index >= 15 is 0 Å². The van der Waals surface area contributed by atoms with Gasteiger partial charge in [-0.25, -0.2) is 4.39 Å². The lowest BCUT2D eigenvalue weighted by atomic mass is 10.2. The summed E-state index contributed by atoms with van der Waals surface area (Å²) in [6, 6.07) is 5.31. The summed E-state index contributed by atoms with van der Waals surface area (Å²) < 4.78 is 17.8. The van der Waals surface area contributed by atoms with Crippen molar-refractivity contribution < 1.29 is 23.5 Å². The zero-order valence-electron chi connectivity index (χ0n) is 12.6. The van der Waals surface area contributed by atoms with Crippen LogP contribution < -0.4 is 5.32 Å². The molecule has 6 nitrogen and oxygen atoms in total. The Kier molecular flexibility index (Phi) is 7.01. The van der Waals surface area contributed by atoms with Crippen LogP contribution in [-0.2, 0) is 14.3 Å². The molecule has 0 aliphatic heterocycles. The van der Waals surface area contributed by atoms with Gasteiger partial charge in [0.25, 0.3) is 5.91 Å². The number of amides is 2. The molecule has 1 aromatic carbocycles. The van der Waals surface area contributed by atoms with Crippen LogP contribution in [0.5, 0.6) is 0 Å². The second-order valence-electron chi connectivity index (χ2n) is 4.61. The second-order valence-corrected chi connectivity index (χ2v) is 4.61. The van der Waals surface area contributed by atoms with Crippen molar-refractivity contribution in [3.8, 4) is 0 Å². The summed E-state index contributed by atoms with van der Waals surface area (Å²) in [6.45, 7) is 1.96. The number of hydrogen-bond donors (Lipinski definition) is 1. The summed E-state index contributed by atoms with van der Waals surface area (Å²) >= 11 is 0. The molecule has 0 aliphatic carbocycles. The van der Waals surface area contributed by atoms with Gasteiger partial charge in [0.2, 0.25) is 5.91 Å². The van der Waals surface area contributed by atoms with Gasteiger partial charge in [0.05, 0.1) is 13.5 Å². The van der Waals surface area contributed by atoms with Crippen molar-refractivity contribution in [1.82, 2.24) is 10.2 Å². The Morgan fingerprint density at radius 1 is 1.27 bits per heavy atom. The molecule has 1 rings (SSSR count). The first-order valence-corrected chi connectivity index (χ1v) is 6.80. The molecule has 7 heteroatoms. The number of benzene rings is 1. The fourth-order valence-corrected chi connectivity index (χ4v) is 1.81. The lowest BCUT2D eigenvalue weighted by Gasteiger charge is -2.22. The van der Waals surface area contributed by atoms with Crippen molar-refractivity contribution in [3.63, 3.8) is 0 Å². The summed E-state index contributed by atoms with van der Waals surface area (Å²) in [4.78, 5) is 35.9. The Bertz CT molecular complexity index is 548. The van der Waals surface area contributed by atoms with Crippen LogP contribution in [0.25, 0.3) is 0 Å². The van der Waals surface area contributed by atoms with Gasteiger partial charge in [-0.15, -0.1) is 0 Å². The fraction of sp³-hybridized carbons (Fsp3) is 0.400. The van der Waals surface area contributed by atoms with E-state index in [4.69, 9.17) is 0 Å². The van der Waals surface area contributed by atoms with Crippen molar-refractivity contribution in [1.29, 1.82) is 0 Å². The molecular weight excluding hydrogens is 291 g/mol. The highest BCUT2D eigenvalue weighted by molar-refractivity contribution is 5.94. The molecule has 0 unspecified atom stereocenters. The predicted molar refractivity (Wildman–Crippen MR) is 77.6 cm³/mol. The zero-order chi connectivity index (χ0) is 16.5. The minimum atomic E-state index is -0.513. The maximum atomic E-state index is 13.2. The number of methoxy groups -OCH3 is 1. The summed E-state index contributed by atoms with van der Waals surface area (Å²) in [5.74, 6) is -1.59. The Hall–Kier alpha value is -2.44. The van der Waals surface area contributed by atoms with E-state index in [0.717, 1.165) is 6.07 Å². The third-order valence-electron chi connectivity index (χ3n) is 2.93. The van der Waals surface area contributed by atoms with Crippen LogP contribution in [0.3, 0.4) is 0 Å². The molecule has 0 atom stereocenters. The minimum absolute atomic E-state index is 0.0254. The first-order chi connectivity index (χ1) is 10.4. The zero-order valence-corrected chi connectivity index (χ0v) is 12.6. The average molecular weight is 310 g/mol. The van der Waals surface area contributed by atoms with E-state index in [1.54, 1.807) is 0 Å². The summed E-state index contributed by atoms with van der Waals surface area (Å²) in [5, 5.41) is 2.57. The first-order valence-electron chi connectivity index (χ1n) is 6.80. The molecule has 0 aromatic heterocycles. The fourth-order valence-electron chi connectivity index (χ4n) is 1.81. The highest BCUT2D eigenvalue weighted by Crippen LogP contribution is 2.08. The Morgan fingerprint density at radius 3 is 2.59 bits per heavy atom. The van der Waals surface area contributed by atoms with Gasteiger partial charge in [-0.2, -0.15) is 0 Å². The number of halogens is 1. The maximum absolute atomic E-state index is 13.2. The topological polar surface area (TPSA) is 75.7 Å². The Morgan fingerprint density at radius 2 is 2.00 bits per heavy atom. The van der Waals surface area contributed by atoms with Crippen LogP contribution in [0.2, 0.25) is 0 Å². The lowest BCUT2D eigenvalue weighted by molar-refractivity contribution is -0.140. The molecule has 1 N–H and O–H groups in total. The van der Waals surface area contributed by atoms with E-state index in [2.05, 4.69) is 10.1 Å². The number of carbonyl (C=O) groups excluding carboxylic acids is 3. The minimum Gasteiger partial charge on any atom is -0.469 e. The van der Waals surface area contributed by atoms with Crippen LogP contribution in [0.1, 0.15) is 23.7 Å². The normalized spacial score (nSPS) is 9.95. The van der Waals surface area contributed by atoms with Crippen LogP contribution in [0.4, 0.5) is 4.39 Å². The second kappa shape index (κ2) is 8.76. The van der Waals surface area contributed by atoms with Crippen molar-refractivity contribution in [2.75, 3.05) is 26.7 Å². The number of rotatable bonds is 7. The molecule has 0 heterocycles. The average Bonchev–Trinajstić information content (AvgIpc) is 2.49. The number of hydrogen-bond acceptors (Lipinski definition) is 4. The standard InChI is InChI=1S/C15H19FN2O4/c1-11(19)17-7-9-18(8-6-14(20)22-2)15(21)12-4-3-5-13(16)10-12/h3-5,10H,6-9H2,1-2H3,(H,17,19). The molecule has 0 bridgehead atoms. The largest absolute Gasteiger partial charge is 0.469 e. The molecule has 0 fully saturated rings. The molecule has 2 amide bonds. The smallest absolute Gasteiger partial charge is 0.307 e. The monoisotopic (exact) mass is 310 g/mol. The van der Waals surface area contributed by atoms with Gasteiger partial charge in [0, 0.05) is 32.1 Å². The van der Waals surface area contributed by atoms with Gasteiger partial charge in [0.1, 0.15) is 5.82 Å². The number of ether oxygens (including phenoxy) is 1.